The molecular weight excluding hydrogens is 449 g/mol. The third-order valence-electron chi connectivity index (χ3n) is 5.66. The van der Waals surface area contributed by atoms with Crippen LogP contribution in [-0.2, 0) is 9.59 Å². The summed E-state index contributed by atoms with van der Waals surface area (Å²) in [6.07, 6.45) is 1.54. The van der Waals surface area contributed by atoms with Crippen LogP contribution in [0.3, 0.4) is 0 Å². The molecule has 7 nitrogen and oxygen atoms in total. The van der Waals surface area contributed by atoms with Gasteiger partial charge in [0.2, 0.25) is 0 Å². The van der Waals surface area contributed by atoms with Crippen molar-refractivity contribution in [2.75, 3.05) is 42.9 Å². The maximum atomic E-state index is 13.3. The van der Waals surface area contributed by atoms with Crippen LogP contribution in [0.2, 0.25) is 0 Å². The number of amides is 2. The summed E-state index contributed by atoms with van der Waals surface area (Å²) in [6, 6.07) is 12.4. The monoisotopic (exact) mass is 472 g/mol. The normalized spacial score (nSPS) is 15.1. The van der Waals surface area contributed by atoms with Gasteiger partial charge in [0.05, 0.1) is 12.3 Å². The molecule has 2 amide bonds. The van der Waals surface area contributed by atoms with Crippen molar-refractivity contribution in [2.45, 2.75) is 6.04 Å². The number of hydrogen-bond donors (Lipinski definition) is 2. The molecule has 0 saturated carbocycles. The van der Waals surface area contributed by atoms with E-state index in [0.717, 1.165) is 23.9 Å². The lowest BCUT2D eigenvalue weighted by Gasteiger charge is -2.39. The van der Waals surface area contributed by atoms with Crippen LogP contribution in [0.15, 0.2) is 65.3 Å². The van der Waals surface area contributed by atoms with Crippen LogP contribution in [0.5, 0.6) is 0 Å². The van der Waals surface area contributed by atoms with E-state index in [9.17, 15) is 22.8 Å². The highest BCUT2D eigenvalue weighted by Crippen LogP contribution is 2.24. The van der Waals surface area contributed by atoms with Crippen molar-refractivity contribution >= 4 is 23.2 Å². The van der Waals surface area contributed by atoms with E-state index in [1.165, 1.54) is 18.4 Å². The molecule has 4 rings (SSSR count). The van der Waals surface area contributed by atoms with Gasteiger partial charge in [-0.15, -0.1) is 0 Å². The molecule has 1 unspecified atom stereocenters. The standard InChI is InChI=1S/C24H23F3N4O3/c25-16-3-6-18(7-4-16)30-9-11-31(12-10-30)21(22-2-1-13-34-22)15-28-23(32)24(33)29-17-5-8-19(26)20(27)14-17/h1-8,13-14,21H,9-12,15H2,(H,28,32)(H,29,33). The average Bonchev–Trinajstić information content (AvgIpc) is 3.37. The third kappa shape index (κ3) is 5.57. The predicted octanol–water partition coefficient (Wildman–Crippen LogP) is 3.32. The second kappa shape index (κ2) is 10.4. The third-order valence-corrected chi connectivity index (χ3v) is 5.66. The lowest BCUT2D eigenvalue weighted by atomic mass is 10.1. The second-order valence-corrected chi connectivity index (χ2v) is 7.82. The number of carbonyl (C=O) groups excluding carboxylic acids is 2. The quantitative estimate of drug-likeness (QED) is 0.539. The molecule has 1 aliphatic heterocycles. The van der Waals surface area contributed by atoms with Crippen molar-refractivity contribution < 1.29 is 27.2 Å². The van der Waals surface area contributed by atoms with Crippen molar-refractivity contribution in [1.82, 2.24) is 10.2 Å². The van der Waals surface area contributed by atoms with E-state index < -0.39 is 23.4 Å². The first-order valence-electron chi connectivity index (χ1n) is 10.7. The first-order valence-corrected chi connectivity index (χ1v) is 10.7. The number of carbonyl (C=O) groups is 2. The summed E-state index contributed by atoms with van der Waals surface area (Å²) in [5.41, 5.74) is 0.899. The maximum Gasteiger partial charge on any atom is 0.313 e. The fraction of sp³-hybridized carbons (Fsp3) is 0.250. The van der Waals surface area contributed by atoms with Crippen LogP contribution in [0.1, 0.15) is 11.8 Å². The first kappa shape index (κ1) is 23.4. The zero-order valence-electron chi connectivity index (χ0n) is 18.1. The van der Waals surface area contributed by atoms with E-state index in [1.807, 2.05) is 0 Å². The molecular formula is C24H23F3N4O3. The van der Waals surface area contributed by atoms with Crippen LogP contribution in [-0.4, -0.2) is 49.4 Å². The molecule has 10 heteroatoms. The minimum atomic E-state index is -1.13. The molecule has 2 aromatic carbocycles. The number of anilines is 2. The Morgan fingerprint density at radius 1 is 0.912 bits per heavy atom. The van der Waals surface area contributed by atoms with Crippen molar-refractivity contribution in [3.8, 4) is 0 Å². The van der Waals surface area contributed by atoms with Gasteiger partial charge in [-0.1, -0.05) is 0 Å². The molecule has 0 aliphatic carbocycles. The van der Waals surface area contributed by atoms with Gasteiger partial charge in [-0.05, 0) is 48.5 Å². The van der Waals surface area contributed by atoms with Gasteiger partial charge in [-0.3, -0.25) is 14.5 Å². The van der Waals surface area contributed by atoms with Crippen LogP contribution in [0, 0.1) is 17.5 Å². The zero-order chi connectivity index (χ0) is 24.1. The Kier molecular flexibility index (Phi) is 7.17. The number of nitrogens with zero attached hydrogens (tertiary/aromatic N) is 2. The lowest BCUT2D eigenvalue weighted by molar-refractivity contribution is -0.136. The van der Waals surface area contributed by atoms with Gasteiger partial charge in [0.15, 0.2) is 11.6 Å². The molecule has 1 fully saturated rings. The molecule has 1 saturated heterocycles. The van der Waals surface area contributed by atoms with Crippen LogP contribution in [0.4, 0.5) is 24.5 Å². The van der Waals surface area contributed by atoms with Crippen LogP contribution >= 0.6 is 0 Å². The summed E-state index contributed by atoms with van der Waals surface area (Å²) >= 11 is 0. The van der Waals surface area contributed by atoms with Crippen molar-refractivity contribution in [1.29, 1.82) is 0 Å². The van der Waals surface area contributed by atoms with Crippen LogP contribution < -0.4 is 15.5 Å². The van der Waals surface area contributed by atoms with E-state index in [2.05, 4.69) is 20.4 Å². The Labute approximate surface area is 194 Å². The average molecular weight is 472 g/mol. The fourth-order valence-electron chi connectivity index (χ4n) is 3.87. The predicted molar refractivity (Wildman–Crippen MR) is 120 cm³/mol. The molecule has 3 aromatic rings. The van der Waals surface area contributed by atoms with Crippen LogP contribution in [0.25, 0.3) is 0 Å². The summed E-state index contributed by atoms with van der Waals surface area (Å²) in [5, 5.41) is 4.84. The Bertz CT molecular complexity index is 1130. The number of benzene rings is 2. The smallest absolute Gasteiger partial charge is 0.313 e. The minimum absolute atomic E-state index is 0.0291. The topological polar surface area (TPSA) is 77.8 Å². The Morgan fingerprint density at radius 2 is 1.65 bits per heavy atom. The minimum Gasteiger partial charge on any atom is -0.468 e. The number of furan rings is 1. The van der Waals surface area contributed by atoms with E-state index in [1.54, 1.807) is 24.3 Å². The van der Waals surface area contributed by atoms with E-state index in [0.29, 0.717) is 31.9 Å². The maximum absolute atomic E-state index is 13.3. The molecule has 0 radical (unpaired) electrons. The van der Waals surface area contributed by atoms with Crippen molar-refractivity contribution in [3.05, 3.63) is 84.1 Å². The van der Waals surface area contributed by atoms with E-state index in [4.69, 9.17) is 4.42 Å². The highest BCUT2D eigenvalue weighted by Gasteiger charge is 2.28. The summed E-state index contributed by atoms with van der Waals surface area (Å²) in [7, 11) is 0. The fourth-order valence-corrected chi connectivity index (χ4v) is 3.87. The van der Waals surface area contributed by atoms with Gasteiger partial charge < -0.3 is 20.0 Å². The summed E-state index contributed by atoms with van der Waals surface area (Å²) in [5.74, 6) is -3.74. The highest BCUT2D eigenvalue weighted by molar-refractivity contribution is 6.39. The largest absolute Gasteiger partial charge is 0.468 e. The highest BCUT2D eigenvalue weighted by atomic mass is 19.2. The lowest BCUT2D eigenvalue weighted by Crippen LogP contribution is -2.50. The molecule has 2 N–H and O–H groups in total. The van der Waals surface area contributed by atoms with Crippen molar-refractivity contribution in [2.24, 2.45) is 0 Å². The van der Waals surface area contributed by atoms with E-state index >= 15 is 0 Å². The number of halogens is 3. The Hall–Kier alpha value is -3.79. The number of nitrogens with one attached hydrogen (secondary N) is 2. The van der Waals surface area contributed by atoms with Gasteiger partial charge in [-0.25, -0.2) is 13.2 Å². The summed E-state index contributed by atoms with van der Waals surface area (Å²) in [4.78, 5) is 28.8. The van der Waals surface area contributed by atoms with E-state index in [-0.39, 0.29) is 24.1 Å². The molecule has 1 atom stereocenters. The van der Waals surface area contributed by atoms with Gasteiger partial charge >= 0.3 is 11.8 Å². The molecule has 178 valence electrons. The first-order chi connectivity index (χ1) is 16.4. The summed E-state index contributed by atoms with van der Waals surface area (Å²) < 4.78 is 45.2. The van der Waals surface area contributed by atoms with Gasteiger partial charge in [0, 0.05) is 50.2 Å². The Balaban J connectivity index is 1.35. The molecule has 2 heterocycles. The molecule has 34 heavy (non-hydrogen) atoms. The number of piperazine rings is 1. The molecule has 1 aromatic heterocycles. The summed E-state index contributed by atoms with van der Waals surface area (Å²) in [6.45, 7) is 2.79. The second-order valence-electron chi connectivity index (χ2n) is 7.82. The SMILES string of the molecule is O=C(NCC(c1ccco1)N1CCN(c2ccc(F)cc2)CC1)C(=O)Nc1ccc(F)c(F)c1. The Morgan fingerprint density at radius 3 is 2.29 bits per heavy atom. The van der Waals surface area contributed by atoms with Gasteiger partial charge in [-0.2, -0.15) is 0 Å². The van der Waals surface area contributed by atoms with Gasteiger partial charge in [0.1, 0.15) is 11.6 Å². The van der Waals surface area contributed by atoms with Gasteiger partial charge in [0.25, 0.3) is 0 Å². The number of hydrogen-bond acceptors (Lipinski definition) is 5. The zero-order valence-corrected chi connectivity index (χ0v) is 18.1. The number of rotatable bonds is 6. The molecule has 1 aliphatic rings. The molecule has 0 bridgehead atoms. The van der Waals surface area contributed by atoms with Crippen molar-refractivity contribution in [3.63, 3.8) is 0 Å². The molecule has 0 spiro atoms.